The fourth-order valence-electron chi connectivity index (χ4n) is 4.72. The number of nitriles is 1. The minimum atomic E-state index is -2.59. The molecule has 0 bridgehead atoms. The number of nitrogens with zero attached hydrogens (tertiary/aromatic N) is 1. The smallest absolute Gasteiger partial charge is 0.255 e. The van der Waals surface area contributed by atoms with Crippen LogP contribution in [0.2, 0.25) is 0 Å². The molecule has 1 amide bonds. The second-order valence-corrected chi connectivity index (χ2v) is 7.51. The number of allylic oxidation sites excluding steroid dienone is 2. The third-order valence-electron chi connectivity index (χ3n) is 6.07. The summed E-state index contributed by atoms with van der Waals surface area (Å²) >= 11 is 0. The molecule has 0 aliphatic heterocycles. The predicted molar refractivity (Wildman–Crippen MR) is 95.5 cm³/mol. The molecule has 0 spiro atoms. The SMILES string of the molecule is N#Cc1ccc(O)c2c1C[C@H]1C[C@H]3CC(O)=C(C(N)=O)C(=O)[C@@]3(O)C(O)=C1C2=O. The van der Waals surface area contributed by atoms with Gasteiger partial charge in [-0.2, -0.15) is 5.26 Å². The number of Topliss-reactive ketones (excluding diaryl/α,β-unsaturated/α-hetero) is 2. The summed E-state index contributed by atoms with van der Waals surface area (Å²) < 4.78 is 0. The number of phenols is 1. The van der Waals surface area contributed by atoms with Crippen LogP contribution in [0.5, 0.6) is 5.75 Å². The van der Waals surface area contributed by atoms with E-state index in [0.717, 1.165) is 0 Å². The summed E-state index contributed by atoms with van der Waals surface area (Å²) in [5.74, 6) is -6.84. The van der Waals surface area contributed by atoms with E-state index in [9.17, 15) is 40.1 Å². The summed E-state index contributed by atoms with van der Waals surface area (Å²) in [5, 5.41) is 51.4. The maximum absolute atomic E-state index is 13.1. The molecular weight excluding hydrogens is 380 g/mol. The first-order valence-corrected chi connectivity index (χ1v) is 8.85. The second-order valence-electron chi connectivity index (χ2n) is 7.51. The summed E-state index contributed by atoms with van der Waals surface area (Å²) in [6.07, 6.45) is -0.143. The molecule has 9 heteroatoms. The van der Waals surface area contributed by atoms with Gasteiger partial charge in [0.1, 0.15) is 22.8 Å². The number of ketones is 2. The van der Waals surface area contributed by atoms with E-state index in [0.29, 0.717) is 5.56 Å². The number of hydrogen-bond acceptors (Lipinski definition) is 8. The van der Waals surface area contributed by atoms with E-state index in [1.807, 2.05) is 6.07 Å². The lowest BCUT2D eigenvalue weighted by atomic mass is 9.60. The van der Waals surface area contributed by atoms with E-state index in [-0.39, 0.29) is 41.7 Å². The third-order valence-corrected chi connectivity index (χ3v) is 6.07. The molecule has 0 saturated heterocycles. The van der Waals surface area contributed by atoms with E-state index in [1.165, 1.54) is 12.1 Å². The van der Waals surface area contributed by atoms with Gasteiger partial charge in [0.15, 0.2) is 11.4 Å². The Morgan fingerprint density at radius 3 is 2.52 bits per heavy atom. The zero-order valence-electron chi connectivity index (χ0n) is 15.0. The predicted octanol–water partition coefficient (Wildman–Crippen LogP) is 0.452. The van der Waals surface area contributed by atoms with Gasteiger partial charge in [0.05, 0.1) is 17.2 Å². The van der Waals surface area contributed by atoms with E-state index >= 15 is 0 Å². The molecule has 3 aliphatic carbocycles. The van der Waals surface area contributed by atoms with Gasteiger partial charge in [-0.1, -0.05) is 0 Å². The van der Waals surface area contributed by atoms with Gasteiger partial charge >= 0.3 is 0 Å². The van der Waals surface area contributed by atoms with Crippen molar-refractivity contribution < 1.29 is 34.8 Å². The van der Waals surface area contributed by atoms with Crippen LogP contribution in [-0.2, 0) is 16.0 Å². The first-order valence-electron chi connectivity index (χ1n) is 8.85. The summed E-state index contributed by atoms with van der Waals surface area (Å²) in [5.41, 5.74) is 1.84. The summed E-state index contributed by atoms with van der Waals surface area (Å²) in [4.78, 5) is 37.4. The number of nitrogens with two attached hydrogens (primary N) is 1. The molecule has 29 heavy (non-hydrogen) atoms. The van der Waals surface area contributed by atoms with Crippen molar-refractivity contribution >= 4 is 17.5 Å². The number of phenolic OH excluding ortho intramolecular Hbond substituents is 1. The van der Waals surface area contributed by atoms with Crippen LogP contribution < -0.4 is 5.73 Å². The van der Waals surface area contributed by atoms with Crippen molar-refractivity contribution in [2.45, 2.75) is 24.9 Å². The zero-order valence-corrected chi connectivity index (χ0v) is 15.0. The van der Waals surface area contributed by atoms with Crippen LogP contribution in [0.25, 0.3) is 0 Å². The van der Waals surface area contributed by atoms with E-state index < -0.39 is 52.0 Å². The van der Waals surface area contributed by atoms with Gasteiger partial charge in [0.25, 0.3) is 5.91 Å². The number of aliphatic hydroxyl groups is 3. The number of benzene rings is 1. The number of fused-ring (bicyclic) bond motifs is 3. The van der Waals surface area contributed by atoms with Gasteiger partial charge in [-0.15, -0.1) is 0 Å². The van der Waals surface area contributed by atoms with Crippen molar-refractivity contribution in [3.63, 3.8) is 0 Å². The van der Waals surface area contributed by atoms with E-state index in [4.69, 9.17) is 5.73 Å². The Labute approximate surface area is 164 Å². The van der Waals surface area contributed by atoms with Crippen molar-refractivity contribution in [1.29, 1.82) is 5.26 Å². The van der Waals surface area contributed by atoms with Gasteiger partial charge < -0.3 is 26.2 Å². The molecule has 0 unspecified atom stereocenters. The third kappa shape index (κ3) is 2.26. The molecule has 1 aromatic rings. The van der Waals surface area contributed by atoms with Crippen molar-refractivity contribution in [2.24, 2.45) is 17.6 Å². The second kappa shape index (κ2) is 5.93. The van der Waals surface area contributed by atoms with E-state index in [1.54, 1.807) is 0 Å². The lowest BCUT2D eigenvalue weighted by Crippen LogP contribution is -2.57. The van der Waals surface area contributed by atoms with Crippen molar-refractivity contribution in [3.8, 4) is 11.8 Å². The molecular formula is C20H16N2O7. The lowest BCUT2D eigenvalue weighted by molar-refractivity contribution is -0.144. The number of aromatic hydroxyl groups is 1. The molecule has 6 N–H and O–H groups in total. The molecule has 0 fully saturated rings. The average Bonchev–Trinajstić information content (AvgIpc) is 2.64. The van der Waals surface area contributed by atoms with Crippen LogP contribution in [0.15, 0.2) is 34.8 Å². The topological polar surface area (TPSA) is 182 Å². The molecule has 0 aromatic heterocycles. The fourth-order valence-corrected chi connectivity index (χ4v) is 4.72. The van der Waals surface area contributed by atoms with Crippen LogP contribution in [-0.4, -0.2) is 43.5 Å². The largest absolute Gasteiger partial charge is 0.511 e. The van der Waals surface area contributed by atoms with Gasteiger partial charge in [0, 0.05) is 17.9 Å². The molecule has 0 heterocycles. The minimum absolute atomic E-state index is 0.0312. The Kier molecular flexibility index (Phi) is 3.82. The molecule has 3 aliphatic rings. The van der Waals surface area contributed by atoms with Gasteiger partial charge in [-0.05, 0) is 36.5 Å². The van der Waals surface area contributed by atoms with Crippen molar-refractivity contribution in [1.82, 2.24) is 0 Å². The first kappa shape index (κ1) is 18.7. The lowest BCUT2D eigenvalue weighted by Gasteiger charge is -2.45. The molecule has 9 nitrogen and oxygen atoms in total. The first-order chi connectivity index (χ1) is 13.6. The highest BCUT2D eigenvalue weighted by molar-refractivity contribution is 6.24. The maximum Gasteiger partial charge on any atom is 0.255 e. The Morgan fingerprint density at radius 1 is 1.21 bits per heavy atom. The number of amides is 1. The molecule has 1 aromatic carbocycles. The van der Waals surface area contributed by atoms with Crippen molar-refractivity contribution in [3.05, 3.63) is 51.5 Å². The Balaban J connectivity index is 1.93. The maximum atomic E-state index is 13.1. The molecule has 148 valence electrons. The van der Waals surface area contributed by atoms with E-state index in [2.05, 4.69) is 0 Å². The Morgan fingerprint density at radius 2 is 1.90 bits per heavy atom. The minimum Gasteiger partial charge on any atom is -0.511 e. The average molecular weight is 396 g/mol. The van der Waals surface area contributed by atoms with Gasteiger partial charge in [-0.3, -0.25) is 14.4 Å². The number of aliphatic hydroxyl groups excluding tert-OH is 2. The van der Waals surface area contributed by atoms with Gasteiger partial charge in [0.2, 0.25) is 5.78 Å². The quantitative estimate of drug-likeness (QED) is 0.424. The van der Waals surface area contributed by atoms with Crippen LogP contribution in [0.1, 0.15) is 34.3 Å². The number of rotatable bonds is 1. The van der Waals surface area contributed by atoms with Crippen LogP contribution >= 0.6 is 0 Å². The number of hydrogen-bond donors (Lipinski definition) is 5. The van der Waals surface area contributed by atoms with Gasteiger partial charge in [-0.25, -0.2) is 0 Å². The highest BCUT2D eigenvalue weighted by atomic mass is 16.3. The fraction of sp³-hybridized carbons (Fsp3) is 0.300. The van der Waals surface area contributed by atoms with Crippen LogP contribution in [0.3, 0.4) is 0 Å². The molecule has 0 saturated carbocycles. The number of carbonyl (C=O) groups excluding carboxylic acids is 3. The zero-order chi connectivity index (χ0) is 21.2. The highest BCUT2D eigenvalue weighted by Gasteiger charge is 2.59. The Hall–Kier alpha value is -3.64. The number of carbonyl (C=O) groups is 3. The van der Waals surface area contributed by atoms with Crippen LogP contribution in [0.4, 0.5) is 0 Å². The molecule has 4 rings (SSSR count). The molecule has 0 radical (unpaired) electrons. The summed E-state index contributed by atoms with van der Waals surface area (Å²) in [6, 6.07) is 4.53. The normalized spacial score (nSPS) is 28.4. The summed E-state index contributed by atoms with van der Waals surface area (Å²) in [7, 11) is 0. The summed E-state index contributed by atoms with van der Waals surface area (Å²) in [6.45, 7) is 0. The standard InChI is InChI=1S/C20H16N2O7/c21-6-7-1-2-11(23)14-10(7)4-8-3-9-5-12(24)15(19(22)28)18(27)20(9,29)17(26)13(8)16(14)25/h1-2,8-9,23-24,26,29H,3-5H2,(H2,22,28)/t8-,9+,20+/m1/s1. The molecule has 3 atom stereocenters. The van der Waals surface area contributed by atoms with Crippen LogP contribution in [0, 0.1) is 23.2 Å². The highest BCUT2D eigenvalue weighted by Crippen LogP contribution is 2.51. The van der Waals surface area contributed by atoms with Crippen molar-refractivity contribution in [2.75, 3.05) is 0 Å². The Bertz CT molecular complexity index is 1120. The monoisotopic (exact) mass is 396 g/mol. The number of primary amides is 1.